The minimum Gasteiger partial charge on any atom is -0.376 e. The molecule has 0 aromatic heterocycles. The van der Waals surface area contributed by atoms with Crippen LogP contribution >= 0.6 is 0 Å². The Hall–Kier alpha value is -0.190. The molecule has 0 N–H and O–H groups in total. The first kappa shape index (κ1) is 11.8. The van der Waals surface area contributed by atoms with E-state index in [-0.39, 0.29) is 6.61 Å². The number of hydrogen-bond acceptors (Lipinski definition) is 3. The summed E-state index contributed by atoms with van der Waals surface area (Å²) in [5.74, 6) is -1.24. The van der Waals surface area contributed by atoms with Crippen LogP contribution in [-0.4, -0.2) is 25.6 Å². The highest BCUT2D eigenvalue weighted by atomic mass is 19.3. The van der Waals surface area contributed by atoms with Gasteiger partial charge in [-0.05, 0) is 24.8 Å². The largest absolute Gasteiger partial charge is 0.376 e. The number of halogens is 1. The Labute approximate surface area is 72.7 Å². The van der Waals surface area contributed by atoms with Crippen LogP contribution in [0.25, 0.3) is 0 Å². The lowest BCUT2D eigenvalue weighted by molar-refractivity contribution is -0.350. The summed E-state index contributed by atoms with van der Waals surface area (Å²) in [4.78, 5) is 3.69. The molecule has 0 aromatic rings. The van der Waals surface area contributed by atoms with Gasteiger partial charge in [-0.25, -0.2) is 0 Å². The summed E-state index contributed by atoms with van der Waals surface area (Å²) in [6, 6.07) is 0. The van der Waals surface area contributed by atoms with E-state index in [1.54, 1.807) is 0 Å². The first-order valence-corrected chi connectivity index (χ1v) is 4.20. The third-order valence-corrected chi connectivity index (χ3v) is 1.34. The zero-order valence-electron chi connectivity index (χ0n) is 7.93. The van der Waals surface area contributed by atoms with Gasteiger partial charge in [0.2, 0.25) is 5.79 Å². The summed E-state index contributed by atoms with van der Waals surface area (Å²) in [6.07, 6.45) is 0.824. The van der Waals surface area contributed by atoms with Crippen LogP contribution in [0.15, 0.2) is 0 Å². The van der Waals surface area contributed by atoms with Crippen molar-refractivity contribution in [1.82, 2.24) is 0 Å². The van der Waals surface area contributed by atoms with Gasteiger partial charge in [-0.3, -0.25) is 0 Å². The molecule has 1 atom stereocenters. The number of hydrogen-bond donors (Lipinski definition) is 0. The van der Waals surface area contributed by atoms with Gasteiger partial charge >= 0.3 is 0 Å². The molecular weight excluding hydrogens is 163 g/mol. The topological polar surface area (TPSA) is 27.7 Å². The fraction of sp³-hybridized carbons (Fsp3) is 1.00. The van der Waals surface area contributed by atoms with Crippen molar-refractivity contribution in [2.24, 2.45) is 0 Å². The maximum Gasteiger partial charge on any atom is 0.227 e. The summed E-state index contributed by atoms with van der Waals surface area (Å²) in [5.41, 5.74) is 0. The Morgan fingerprint density at radius 2 is 2.00 bits per heavy atom. The van der Waals surface area contributed by atoms with Crippen LogP contribution in [0.5, 0.6) is 0 Å². The van der Waals surface area contributed by atoms with Crippen LogP contribution in [-0.2, 0) is 14.4 Å². The van der Waals surface area contributed by atoms with Gasteiger partial charge in [-0.15, -0.1) is 0 Å². The Balaban J connectivity index is 3.70. The molecule has 0 saturated heterocycles. The standard InChI is InChI=1S/C8H17FO3/c1-4-6-11-8(3,12-9)7-10-5-2/h4-7H2,1-3H3. The molecule has 0 saturated carbocycles. The fourth-order valence-corrected chi connectivity index (χ4v) is 0.692. The average molecular weight is 180 g/mol. The summed E-state index contributed by atoms with van der Waals surface area (Å²) in [7, 11) is 0. The predicted octanol–water partition coefficient (Wildman–Crippen LogP) is 2.07. The van der Waals surface area contributed by atoms with Crippen molar-refractivity contribution in [1.29, 1.82) is 0 Å². The molecule has 1 unspecified atom stereocenters. The van der Waals surface area contributed by atoms with E-state index in [1.807, 2.05) is 13.8 Å². The van der Waals surface area contributed by atoms with E-state index in [9.17, 15) is 4.53 Å². The van der Waals surface area contributed by atoms with E-state index in [0.29, 0.717) is 13.2 Å². The van der Waals surface area contributed by atoms with Crippen LogP contribution in [0.2, 0.25) is 0 Å². The molecule has 0 aliphatic carbocycles. The van der Waals surface area contributed by atoms with Gasteiger partial charge in [0, 0.05) is 13.2 Å². The highest BCUT2D eigenvalue weighted by Gasteiger charge is 2.27. The molecule has 0 aliphatic heterocycles. The Morgan fingerprint density at radius 3 is 2.42 bits per heavy atom. The summed E-state index contributed by atoms with van der Waals surface area (Å²) in [6.45, 7) is 6.39. The van der Waals surface area contributed by atoms with Gasteiger partial charge in [-0.2, -0.15) is 4.94 Å². The Bertz CT molecular complexity index is 100. The highest BCUT2D eigenvalue weighted by Crippen LogP contribution is 2.13. The van der Waals surface area contributed by atoms with E-state index in [2.05, 4.69) is 4.94 Å². The van der Waals surface area contributed by atoms with Crippen molar-refractivity contribution in [2.75, 3.05) is 19.8 Å². The van der Waals surface area contributed by atoms with Crippen LogP contribution in [0.3, 0.4) is 0 Å². The Morgan fingerprint density at radius 1 is 1.33 bits per heavy atom. The molecule has 0 amide bonds. The van der Waals surface area contributed by atoms with E-state index in [1.165, 1.54) is 6.92 Å². The maximum atomic E-state index is 12.0. The number of rotatable bonds is 7. The minimum absolute atomic E-state index is 0.111. The molecule has 0 spiro atoms. The van der Waals surface area contributed by atoms with Crippen LogP contribution in [0, 0.1) is 0 Å². The molecular formula is C8H17FO3. The molecule has 0 bridgehead atoms. The van der Waals surface area contributed by atoms with Crippen LogP contribution in [0.4, 0.5) is 4.53 Å². The molecule has 0 heterocycles. The molecule has 4 heteroatoms. The molecule has 74 valence electrons. The maximum absolute atomic E-state index is 12.0. The minimum atomic E-state index is -1.24. The molecule has 12 heavy (non-hydrogen) atoms. The Kier molecular flexibility index (Phi) is 6.24. The molecule has 0 radical (unpaired) electrons. The summed E-state index contributed by atoms with van der Waals surface area (Å²) >= 11 is 0. The molecule has 3 nitrogen and oxygen atoms in total. The third kappa shape index (κ3) is 4.64. The normalized spacial score (nSPS) is 16.0. The number of ether oxygens (including phenoxy) is 2. The monoisotopic (exact) mass is 180 g/mol. The smallest absolute Gasteiger partial charge is 0.227 e. The van der Waals surface area contributed by atoms with Crippen molar-refractivity contribution in [2.45, 2.75) is 33.0 Å². The van der Waals surface area contributed by atoms with Gasteiger partial charge in [0.05, 0.1) is 0 Å². The van der Waals surface area contributed by atoms with E-state index >= 15 is 0 Å². The van der Waals surface area contributed by atoms with Crippen LogP contribution in [0.1, 0.15) is 27.2 Å². The summed E-state index contributed by atoms with van der Waals surface area (Å²) < 4.78 is 22.1. The first-order chi connectivity index (χ1) is 5.68. The van der Waals surface area contributed by atoms with E-state index in [4.69, 9.17) is 9.47 Å². The first-order valence-electron chi connectivity index (χ1n) is 4.20. The lowest BCUT2D eigenvalue weighted by Gasteiger charge is -2.23. The lowest BCUT2D eigenvalue weighted by Crippen LogP contribution is -2.35. The lowest BCUT2D eigenvalue weighted by atomic mass is 10.3. The third-order valence-electron chi connectivity index (χ3n) is 1.34. The highest BCUT2D eigenvalue weighted by molar-refractivity contribution is 4.59. The van der Waals surface area contributed by atoms with Crippen molar-refractivity contribution in [3.05, 3.63) is 0 Å². The van der Waals surface area contributed by atoms with E-state index in [0.717, 1.165) is 6.42 Å². The van der Waals surface area contributed by atoms with Gasteiger partial charge in [0.1, 0.15) is 6.61 Å². The second-order valence-electron chi connectivity index (χ2n) is 2.70. The zero-order valence-corrected chi connectivity index (χ0v) is 7.93. The second-order valence-corrected chi connectivity index (χ2v) is 2.70. The average Bonchev–Trinajstić information content (AvgIpc) is 2.11. The summed E-state index contributed by atoms with van der Waals surface area (Å²) in [5, 5.41) is 0. The molecule has 0 fully saturated rings. The van der Waals surface area contributed by atoms with Crippen molar-refractivity contribution in [3.8, 4) is 0 Å². The molecule has 0 aromatic carbocycles. The van der Waals surface area contributed by atoms with Crippen molar-refractivity contribution < 1.29 is 18.9 Å². The molecule has 0 rings (SSSR count). The van der Waals surface area contributed by atoms with Crippen molar-refractivity contribution >= 4 is 0 Å². The fourth-order valence-electron chi connectivity index (χ4n) is 0.692. The zero-order chi connectivity index (χ0) is 9.45. The van der Waals surface area contributed by atoms with Gasteiger partial charge in [0.15, 0.2) is 0 Å². The van der Waals surface area contributed by atoms with Gasteiger partial charge < -0.3 is 9.47 Å². The SMILES string of the molecule is CCCOC(C)(COCC)OF. The van der Waals surface area contributed by atoms with Crippen LogP contribution < -0.4 is 0 Å². The quantitative estimate of drug-likeness (QED) is 0.561. The van der Waals surface area contributed by atoms with Gasteiger partial charge in [0.25, 0.3) is 0 Å². The van der Waals surface area contributed by atoms with Gasteiger partial charge in [-0.1, -0.05) is 6.92 Å². The second kappa shape index (κ2) is 6.34. The molecule has 0 aliphatic rings. The van der Waals surface area contributed by atoms with Crippen molar-refractivity contribution in [3.63, 3.8) is 0 Å². The van der Waals surface area contributed by atoms with E-state index < -0.39 is 5.79 Å². The predicted molar refractivity (Wildman–Crippen MR) is 43.3 cm³/mol.